The number of hydrogen-bond donors (Lipinski definition) is 1. The highest BCUT2D eigenvalue weighted by molar-refractivity contribution is 5.68. The van der Waals surface area contributed by atoms with Gasteiger partial charge >= 0.3 is 11.9 Å². The van der Waals surface area contributed by atoms with E-state index in [0.29, 0.717) is 12.3 Å². The van der Waals surface area contributed by atoms with Crippen molar-refractivity contribution in [1.82, 2.24) is 9.80 Å². The van der Waals surface area contributed by atoms with Gasteiger partial charge in [0.2, 0.25) is 6.41 Å². The molecule has 2 aliphatic heterocycles. The molecule has 0 aromatic heterocycles. The highest BCUT2D eigenvalue weighted by Gasteiger charge is 2.26. The number of fused-ring (bicyclic) bond motifs is 4. The van der Waals surface area contributed by atoms with E-state index < -0.39 is 0 Å². The Balaban J connectivity index is 0.000000164. The number of nitrogen functional groups attached to an aromatic ring is 1. The largest absolute Gasteiger partial charge is 0.493 e. The summed E-state index contributed by atoms with van der Waals surface area (Å²) >= 11 is 0. The minimum Gasteiger partial charge on any atom is -0.493 e. The van der Waals surface area contributed by atoms with Crippen molar-refractivity contribution < 1.29 is 42.8 Å². The fraction of sp³-hybridized carbons (Fsp3) is 0.391. The van der Waals surface area contributed by atoms with Crippen LogP contribution in [0, 0.1) is 0 Å². The molecule has 4 aromatic carbocycles. The Morgan fingerprint density at radius 3 is 1.56 bits per heavy atom. The van der Waals surface area contributed by atoms with Gasteiger partial charge in [-0.15, -0.1) is 0 Å². The van der Waals surface area contributed by atoms with E-state index in [1.165, 1.54) is 41.7 Å². The van der Waals surface area contributed by atoms with Gasteiger partial charge in [-0.05, 0) is 132 Å². The van der Waals surface area contributed by atoms with Crippen LogP contribution in [0.3, 0.4) is 0 Å². The lowest BCUT2D eigenvalue weighted by Crippen LogP contribution is -2.29. The number of aliphatic imine (C=N–C) groups is 1. The second-order valence-electron chi connectivity index (χ2n) is 14.9. The van der Waals surface area contributed by atoms with Crippen molar-refractivity contribution >= 4 is 36.1 Å². The normalized spacial score (nSPS) is 17.1. The Kier molecular flexibility index (Phi) is 14.0. The van der Waals surface area contributed by atoms with E-state index in [1.807, 2.05) is 54.9 Å². The van der Waals surface area contributed by atoms with Crippen LogP contribution in [-0.2, 0) is 62.6 Å². The first kappa shape index (κ1) is 42.4. The van der Waals surface area contributed by atoms with Crippen molar-refractivity contribution in [2.24, 2.45) is 4.99 Å². The van der Waals surface area contributed by atoms with Crippen molar-refractivity contribution in [2.45, 2.75) is 77.7 Å². The molecule has 2 atom stereocenters. The Morgan fingerprint density at radius 1 is 0.610 bits per heavy atom. The number of anilines is 1. The molecule has 2 aliphatic carbocycles. The number of amides is 1. The number of aryl methyl sites for hydroxylation is 2. The predicted molar refractivity (Wildman–Crippen MR) is 224 cm³/mol. The minimum absolute atomic E-state index is 0.0917. The second kappa shape index (κ2) is 19.5. The maximum absolute atomic E-state index is 11.3. The molecular weight excluding hydrogens is 753 g/mol. The van der Waals surface area contributed by atoms with Crippen molar-refractivity contribution in [3.8, 4) is 23.0 Å². The first-order valence-electron chi connectivity index (χ1n) is 19.8. The molecule has 0 saturated heterocycles. The number of rotatable bonds is 9. The van der Waals surface area contributed by atoms with Crippen LogP contribution in [0.15, 0.2) is 65.7 Å². The van der Waals surface area contributed by atoms with Crippen LogP contribution in [0.5, 0.6) is 23.0 Å². The molecule has 8 rings (SSSR count). The van der Waals surface area contributed by atoms with Crippen LogP contribution < -0.4 is 24.7 Å². The van der Waals surface area contributed by atoms with Crippen molar-refractivity contribution in [2.75, 3.05) is 47.3 Å². The van der Waals surface area contributed by atoms with Crippen LogP contribution in [0.1, 0.15) is 83.4 Å². The zero-order chi connectivity index (χ0) is 42.1. The number of carbonyl (C=O) groups is 3. The van der Waals surface area contributed by atoms with Gasteiger partial charge in [0.1, 0.15) is 12.2 Å². The molecule has 0 saturated carbocycles. The number of carbonyl (C=O) groups excluding carboxylic acids is 3. The van der Waals surface area contributed by atoms with Crippen LogP contribution >= 0.6 is 0 Å². The maximum atomic E-state index is 11.3. The van der Waals surface area contributed by atoms with Gasteiger partial charge in [-0.3, -0.25) is 14.4 Å². The Labute approximate surface area is 346 Å². The standard InChI is InChI=1S/C23H26N2O4.C12H15NO3.C11H13NO2/c1-15(26)29-21-7-5-16-4-6-19(12-20(16)21)24-14-25-9-8-17-10-22(27-2)23(28-3)11-18(17)13-25;1-15-11-5-9-3-4-13(8-14)7-10(9)6-12(11)16-2;1-7(13)14-11-5-3-8-2-4-9(12)6-10(8)11/h4,6,10-12,14,21H,5,7-9,13H2,1-3H3;5-6,8H,3-4,7H2,1-2H3;2,4,6,11H,3,5,12H2,1H3. The lowest BCUT2D eigenvalue weighted by Gasteiger charge is -2.27. The van der Waals surface area contributed by atoms with Gasteiger partial charge in [-0.1, -0.05) is 12.1 Å². The van der Waals surface area contributed by atoms with Gasteiger partial charge in [0.05, 0.1) is 40.5 Å². The first-order valence-corrected chi connectivity index (χ1v) is 19.8. The highest BCUT2D eigenvalue weighted by atomic mass is 16.5. The Hall–Kier alpha value is -6.24. The second-order valence-corrected chi connectivity index (χ2v) is 14.9. The summed E-state index contributed by atoms with van der Waals surface area (Å²) in [5.41, 5.74) is 16.8. The molecule has 2 unspecified atom stereocenters. The smallest absolute Gasteiger partial charge is 0.303 e. The van der Waals surface area contributed by atoms with E-state index in [4.69, 9.17) is 34.2 Å². The summed E-state index contributed by atoms with van der Waals surface area (Å²) in [4.78, 5) is 41.5. The van der Waals surface area contributed by atoms with Gasteiger partial charge in [0, 0.05) is 45.7 Å². The molecule has 13 nitrogen and oxygen atoms in total. The van der Waals surface area contributed by atoms with Gasteiger partial charge in [0.25, 0.3) is 0 Å². The molecule has 2 N–H and O–H groups in total. The third-order valence-corrected chi connectivity index (χ3v) is 11.0. The molecule has 1 amide bonds. The third kappa shape index (κ3) is 10.4. The first-order chi connectivity index (χ1) is 28.5. The molecule has 0 radical (unpaired) electrons. The number of nitrogens with zero attached hydrogens (tertiary/aromatic N) is 3. The number of methoxy groups -OCH3 is 4. The highest BCUT2D eigenvalue weighted by Crippen LogP contribution is 2.38. The molecule has 0 bridgehead atoms. The molecule has 312 valence electrons. The summed E-state index contributed by atoms with van der Waals surface area (Å²) < 4.78 is 32.0. The average molecular weight is 807 g/mol. The summed E-state index contributed by atoms with van der Waals surface area (Å²) in [5, 5.41) is 0. The molecule has 13 heteroatoms. The van der Waals surface area contributed by atoms with Crippen molar-refractivity contribution in [3.63, 3.8) is 0 Å². The number of benzene rings is 4. The fourth-order valence-corrected chi connectivity index (χ4v) is 8.01. The number of esters is 2. The molecule has 59 heavy (non-hydrogen) atoms. The lowest BCUT2D eigenvalue weighted by molar-refractivity contribution is -0.147. The van der Waals surface area contributed by atoms with Gasteiger partial charge in [0.15, 0.2) is 23.0 Å². The van der Waals surface area contributed by atoms with Crippen molar-refractivity contribution in [1.29, 1.82) is 0 Å². The van der Waals surface area contributed by atoms with Crippen LogP contribution in [0.2, 0.25) is 0 Å². The van der Waals surface area contributed by atoms with E-state index in [-0.39, 0.29) is 24.1 Å². The zero-order valence-corrected chi connectivity index (χ0v) is 34.7. The summed E-state index contributed by atoms with van der Waals surface area (Å²) in [5.74, 6) is 2.52. The number of hydrogen-bond acceptors (Lipinski definition) is 11. The molecule has 2 heterocycles. The lowest BCUT2D eigenvalue weighted by atomic mass is 9.99. The monoisotopic (exact) mass is 806 g/mol. The summed E-state index contributed by atoms with van der Waals surface area (Å²) in [7, 11) is 6.56. The molecule has 0 fully saturated rings. The minimum atomic E-state index is -0.240. The van der Waals surface area contributed by atoms with Crippen molar-refractivity contribution in [3.05, 3.63) is 105 Å². The van der Waals surface area contributed by atoms with Gasteiger partial charge in [-0.25, -0.2) is 4.99 Å². The van der Waals surface area contributed by atoms with E-state index >= 15 is 0 Å². The van der Waals surface area contributed by atoms with Crippen LogP contribution in [0.4, 0.5) is 11.4 Å². The van der Waals surface area contributed by atoms with E-state index in [0.717, 1.165) is 110 Å². The Bertz CT molecular complexity index is 2190. The average Bonchev–Trinajstić information content (AvgIpc) is 3.83. The van der Waals surface area contributed by atoms with E-state index in [2.05, 4.69) is 22.0 Å². The molecule has 0 spiro atoms. The molecule has 4 aromatic rings. The van der Waals surface area contributed by atoms with Gasteiger partial charge < -0.3 is 44.0 Å². The molecular formula is C46H54N4O9. The Morgan fingerprint density at radius 2 is 1.07 bits per heavy atom. The number of nitrogens with two attached hydrogens (primary N) is 1. The summed E-state index contributed by atoms with van der Waals surface area (Å²) in [6, 6.07) is 20.0. The van der Waals surface area contributed by atoms with E-state index in [1.54, 1.807) is 33.3 Å². The topological polar surface area (TPSA) is 151 Å². The maximum Gasteiger partial charge on any atom is 0.303 e. The van der Waals surface area contributed by atoms with E-state index in [9.17, 15) is 14.4 Å². The predicted octanol–water partition coefficient (Wildman–Crippen LogP) is 7.01. The summed E-state index contributed by atoms with van der Waals surface area (Å²) in [6.45, 7) is 5.99. The van der Waals surface area contributed by atoms with Crippen LogP contribution in [-0.4, -0.2) is 76.0 Å². The number of ether oxygens (including phenoxy) is 6. The van der Waals surface area contributed by atoms with Crippen LogP contribution in [0.25, 0.3) is 0 Å². The molecule has 4 aliphatic rings. The third-order valence-electron chi connectivity index (χ3n) is 11.0. The quantitative estimate of drug-likeness (QED) is 0.0612. The van der Waals surface area contributed by atoms with Gasteiger partial charge in [-0.2, -0.15) is 0 Å². The fourth-order valence-electron chi connectivity index (χ4n) is 8.01. The zero-order valence-electron chi connectivity index (χ0n) is 34.7. The SMILES string of the molecule is CC(=O)OC1CCc2ccc(N)cc21.COc1cc2c(cc1OC)CN(C=Nc1ccc3c(c1)C(OC(C)=O)CC3)CC2.COc1cc2c(cc1OC)CN(C=O)CC2. The summed E-state index contributed by atoms with van der Waals surface area (Å²) in [6.07, 6.45) is 7.97.